The Morgan fingerprint density at radius 2 is 2.05 bits per heavy atom. The summed E-state index contributed by atoms with van der Waals surface area (Å²) in [5.74, 6) is 0.257. The predicted molar refractivity (Wildman–Crippen MR) is 98.4 cm³/mol. The fourth-order valence-electron chi connectivity index (χ4n) is 2.07. The van der Waals surface area contributed by atoms with Gasteiger partial charge < -0.3 is 16.4 Å². The van der Waals surface area contributed by atoms with Crippen molar-refractivity contribution in [3.05, 3.63) is 0 Å². The van der Waals surface area contributed by atoms with Crippen molar-refractivity contribution < 1.29 is 9.59 Å². The van der Waals surface area contributed by atoms with Gasteiger partial charge in [0, 0.05) is 19.6 Å². The third-order valence-corrected chi connectivity index (χ3v) is 3.71. The molecule has 0 spiro atoms. The van der Waals surface area contributed by atoms with Gasteiger partial charge >= 0.3 is 6.03 Å². The minimum absolute atomic E-state index is 0. The highest BCUT2D eigenvalue weighted by Crippen LogP contribution is 2.20. The van der Waals surface area contributed by atoms with Crippen LogP contribution in [0.4, 0.5) is 4.79 Å². The molecule has 1 aliphatic rings. The van der Waals surface area contributed by atoms with Crippen molar-refractivity contribution in [2.45, 2.75) is 52.0 Å². The minimum atomic E-state index is -0.763. The number of rotatable bonds is 8. The van der Waals surface area contributed by atoms with Crippen LogP contribution >= 0.6 is 24.0 Å². The third-order valence-electron chi connectivity index (χ3n) is 3.71. The Bertz CT molecular complexity index is 416. The lowest BCUT2D eigenvalue weighted by Crippen LogP contribution is -2.43. The topological polar surface area (TPSA) is 99.8 Å². The molecule has 8 heteroatoms. The van der Waals surface area contributed by atoms with Crippen molar-refractivity contribution >= 4 is 41.9 Å². The summed E-state index contributed by atoms with van der Waals surface area (Å²) in [6.07, 6.45) is 3.34. The molecule has 1 unspecified atom stereocenters. The Hall–Kier alpha value is -1.06. The number of nitrogens with two attached hydrogens (primary N) is 1. The standard InChI is InChI=1S/C14H27N5O2.HI/c1-4-6-8-16-12(15)17-9-7-10-19-11(20)14(3,5-2)18-13(19)21;/h4-10H2,1-3H3,(H,18,21)(H3,15,16,17);1H. The molecule has 0 aliphatic carbocycles. The number of aliphatic imine (C=N–C) groups is 1. The molecule has 1 rings (SSSR count). The van der Waals surface area contributed by atoms with Gasteiger partial charge in [-0.1, -0.05) is 20.3 Å². The van der Waals surface area contributed by atoms with E-state index < -0.39 is 5.54 Å². The van der Waals surface area contributed by atoms with Crippen LogP contribution in [0.15, 0.2) is 4.99 Å². The van der Waals surface area contributed by atoms with Gasteiger partial charge in [0.1, 0.15) is 5.54 Å². The van der Waals surface area contributed by atoms with Crippen LogP contribution in [0.2, 0.25) is 0 Å². The summed E-state index contributed by atoms with van der Waals surface area (Å²) >= 11 is 0. The quantitative estimate of drug-likeness (QED) is 0.180. The van der Waals surface area contributed by atoms with Crippen LogP contribution in [0, 0.1) is 0 Å². The van der Waals surface area contributed by atoms with Gasteiger partial charge in [-0.2, -0.15) is 0 Å². The second kappa shape index (κ2) is 9.86. The monoisotopic (exact) mass is 425 g/mol. The fraction of sp³-hybridized carbons (Fsp3) is 0.786. The van der Waals surface area contributed by atoms with E-state index in [0.717, 1.165) is 19.4 Å². The molecule has 128 valence electrons. The molecule has 1 heterocycles. The van der Waals surface area contributed by atoms with E-state index in [1.807, 2.05) is 6.92 Å². The highest BCUT2D eigenvalue weighted by Gasteiger charge is 2.45. The first-order valence-corrected chi connectivity index (χ1v) is 7.62. The molecule has 1 atom stereocenters. The highest BCUT2D eigenvalue weighted by atomic mass is 127. The lowest BCUT2D eigenvalue weighted by Gasteiger charge is -2.19. The van der Waals surface area contributed by atoms with E-state index in [9.17, 15) is 9.59 Å². The number of halogens is 1. The van der Waals surface area contributed by atoms with Gasteiger partial charge in [-0.25, -0.2) is 4.79 Å². The van der Waals surface area contributed by atoms with Crippen molar-refractivity contribution in [3.8, 4) is 0 Å². The van der Waals surface area contributed by atoms with Gasteiger partial charge in [0.25, 0.3) is 5.91 Å². The SMILES string of the molecule is CCCCNC(N)=NCCCN1C(=O)NC(C)(CC)C1=O.I. The molecule has 0 aromatic carbocycles. The Morgan fingerprint density at radius 3 is 2.59 bits per heavy atom. The van der Waals surface area contributed by atoms with Gasteiger partial charge in [0.15, 0.2) is 5.96 Å². The minimum Gasteiger partial charge on any atom is -0.370 e. The largest absolute Gasteiger partial charge is 0.370 e. The summed E-state index contributed by atoms with van der Waals surface area (Å²) in [5.41, 5.74) is 4.94. The summed E-state index contributed by atoms with van der Waals surface area (Å²) in [6.45, 7) is 7.41. The van der Waals surface area contributed by atoms with Crippen LogP contribution in [0.3, 0.4) is 0 Å². The van der Waals surface area contributed by atoms with Gasteiger partial charge in [-0.05, 0) is 26.2 Å². The number of carbonyl (C=O) groups is 2. The molecule has 0 bridgehead atoms. The molecule has 22 heavy (non-hydrogen) atoms. The zero-order valence-corrected chi connectivity index (χ0v) is 16.0. The molecular formula is C14H28IN5O2. The van der Waals surface area contributed by atoms with Crippen LogP contribution in [-0.2, 0) is 4.79 Å². The lowest BCUT2D eigenvalue weighted by molar-refractivity contribution is -0.130. The maximum Gasteiger partial charge on any atom is 0.325 e. The first-order valence-electron chi connectivity index (χ1n) is 7.62. The van der Waals surface area contributed by atoms with Gasteiger partial charge in [0.2, 0.25) is 0 Å². The molecule has 0 aromatic heterocycles. The summed E-state index contributed by atoms with van der Waals surface area (Å²) in [4.78, 5) is 29.4. The third kappa shape index (κ3) is 5.62. The molecule has 3 amide bonds. The molecule has 7 nitrogen and oxygen atoms in total. The smallest absolute Gasteiger partial charge is 0.325 e. The van der Waals surface area contributed by atoms with Gasteiger partial charge in [0.05, 0.1) is 0 Å². The summed E-state index contributed by atoms with van der Waals surface area (Å²) in [7, 11) is 0. The molecule has 1 aliphatic heterocycles. The second-order valence-electron chi connectivity index (χ2n) is 5.47. The molecule has 0 saturated carbocycles. The predicted octanol–water partition coefficient (Wildman–Crippen LogP) is 1.42. The number of carbonyl (C=O) groups excluding carboxylic acids is 2. The molecule has 0 aromatic rings. The molecule has 4 N–H and O–H groups in total. The summed E-state index contributed by atoms with van der Waals surface area (Å²) in [5, 5.41) is 5.75. The van der Waals surface area contributed by atoms with Gasteiger partial charge in [-0.15, -0.1) is 24.0 Å². The zero-order chi connectivity index (χ0) is 15.9. The van der Waals surface area contributed by atoms with Crippen molar-refractivity contribution in [2.75, 3.05) is 19.6 Å². The van der Waals surface area contributed by atoms with E-state index in [2.05, 4.69) is 22.5 Å². The van der Waals surface area contributed by atoms with Crippen LogP contribution in [0.1, 0.15) is 46.5 Å². The molecule has 1 fully saturated rings. The van der Waals surface area contributed by atoms with Crippen LogP contribution in [0.25, 0.3) is 0 Å². The maximum absolute atomic E-state index is 12.1. The Morgan fingerprint density at radius 1 is 1.36 bits per heavy atom. The first kappa shape index (κ1) is 20.9. The number of imide groups is 1. The number of hydrogen-bond acceptors (Lipinski definition) is 3. The van der Waals surface area contributed by atoms with Crippen LogP contribution in [-0.4, -0.2) is 48.0 Å². The fourth-order valence-corrected chi connectivity index (χ4v) is 2.07. The summed E-state index contributed by atoms with van der Waals surface area (Å²) in [6, 6.07) is -0.317. The Kier molecular flexibility index (Phi) is 9.38. The average molecular weight is 425 g/mol. The number of nitrogens with one attached hydrogen (secondary N) is 2. The normalized spacial score (nSPS) is 21.6. The first-order chi connectivity index (χ1) is 9.94. The molecular weight excluding hydrogens is 397 g/mol. The number of guanidine groups is 1. The van der Waals surface area contributed by atoms with Crippen LogP contribution < -0.4 is 16.4 Å². The van der Waals surface area contributed by atoms with E-state index in [0.29, 0.717) is 31.9 Å². The second-order valence-corrected chi connectivity index (χ2v) is 5.47. The molecule has 0 radical (unpaired) electrons. The van der Waals surface area contributed by atoms with E-state index in [1.54, 1.807) is 6.92 Å². The number of amides is 3. The lowest BCUT2D eigenvalue weighted by atomic mass is 9.99. The van der Waals surface area contributed by atoms with Gasteiger partial charge in [-0.3, -0.25) is 14.7 Å². The summed E-state index contributed by atoms with van der Waals surface area (Å²) < 4.78 is 0. The number of hydrogen-bond donors (Lipinski definition) is 3. The van der Waals surface area contributed by atoms with Crippen molar-refractivity contribution in [3.63, 3.8) is 0 Å². The Labute approximate surface area is 149 Å². The van der Waals surface area contributed by atoms with Crippen molar-refractivity contribution in [1.29, 1.82) is 0 Å². The number of nitrogens with zero attached hydrogens (tertiary/aromatic N) is 2. The number of unbranched alkanes of at least 4 members (excludes halogenated alkanes) is 1. The maximum atomic E-state index is 12.1. The average Bonchev–Trinajstić information content (AvgIpc) is 2.67. The van der Waals surface area contributed by atoms with E-state index in [4.69, 9.17) is 5.73 Å². The van der Waals surface area contributed by atoms with E-state index in [-0.39, 0.29) is 35.9 Å². The Balaban J connectivity index is 0.00000441. The van der Waals surface area contributed by atoms with Crippen molar-refractivity contribution in [1.82, 2.24) is 15.5 Å². The number of urea groups is 1. The van der Waals surface area contributed by atoms with E-state index >= 15 is 0 Å². The zero-order valence-electron chi connectivity index (χ0n) is 13.6. The van der Waals surface area contributed by atoms with E-state index in [1.165, 1.54) is 4.90 Å². The van der Waals surface area contributed by atoms with Crippen molar-refractivity contribution in [2.24, 2.45) is 10.7 Å². The van der Waals surface area contributed by atoms with Crippen LogP contribution in [0.5, 0.6) is 0 Å². The molecule has 1 saturated heterocycles. The highest BCUT2D eigenvalue weighted by molar-refractivity contribution is 14.0.